The first-order valence-corrected chi connectivity index (χ1v) is 7.81. The first kappa shape index (κ1) is 16.8. The highest BCUT2D eigenvalue weighted by molar-refractivity contribution is 6.30. The number of hydrogen-bond acceptors (Lipinski definition) is 3. The number of rotatable bonds is 3. The van der Waals surface area contributed by atoms with E-state index >= 15 is 0 Å². The van der Waals surface area contributed by atoms with Crippen LogP contribution in [0.25, 0.3) is 0 Å². The first-order valence-electron chi connectivity index (χ1n) is 7.43. The smallest absolute Gasteiger partial charge is 0.236 e. The molecule has 0 aliphatic carbocycles. The lowest BCUT2D eigenvalue weighted by atomic mass is 10.1. The summed E-state index contributed by atoms with van der Waals surface area (Å²) in [5.74, 6) is 6.21. The third-order valence-electron chi connectivity index (χ3n) is 3.65. The van der Waals surface area contributed by atoms with Gasteiger partial charge in [0.05, 0.1) is 19.2 Å². The summed E-state index contributed by atoms with van der Waals surface area (Å²) in [7, 11) is 1.88. The Balaban J connectivity index is 1.77. The van der Waals surface area contributed by atoms with Crippen molar-refractivity contribution < 1.29 is 9.90 Å². The molecule has 1 saturated heterocycles. The summed E-state index contributed by atoms with van der Waals surface area (Å²) in [5, 5.41) is 10.2. The van der Waals surface area contributed by atoms with Crippen LogP contribution in [0, 0.1) is 11.8 Å². The van der Waals surface area contributed by atoms with Gasteiger partial charge in [-0.2, -0.15) is 0 Å². The predicted octanol–water partition coefficient (Wildman–Crippen LogP) is 1.61. The molecule has 4 nitrogen and oxygen atoms in total. The van der Waals surface area contributed by atoms with Gasteiger partial charge in [-0.15, -0.1) is 0 Å². The molecule has 1 aromatic carbocycles. The number of halogens is 1. The molecule has 0 bridgehead atoms. The van der Waals surface area contributed by atoms with E-state index in [-0.39, 0.29) is 12.0 Å². The Hall–Kier alpha value is -1.54. The molecule has 0 atom stereocenters. The van der Waals surface area contributed by atoms with E-state index in [1.54, 1.807) is 0 Å². The summed E-state index contributed by atoms with van der Waals surface area (Å²) in [6, 6.07) is 7.37. The van der Waals surface area contributed by atoms with Crippen LogP contribution in [0.1, 0.15) is 18.4 Å². The van der Waals surface area contributed by atoms with E-state index < -0.39 is 0 Å². The molecular formula is C17H21ClN2O2. The van der Waals surface area contributed by atoms with Crippen LogP contribution in [0.15, 0.2) is 24.3 Å². The Morgan fingerprint density at radius 2 is 2.00 bits per heavy atom. The van der Waals surface area contributed by atoms with Crippen molar-refractivity contribution in [1.82, 2.24) is 9.80 Å². The fraction of sp³-hybridized carbons (Fsp3) is 0.471. The zero-order chi connectivity index (χ0) is 15.9. The number of hydrogen-bond donors (Lipinski definition) is 1. The van der Waals surface area contributed by atoms with Crippen LogP contribution >= 0.6 is 11.6 Å². The second-order valence-corrected chi connectivity index (χ2v) is 6.03. The highest BCUT2D eigenvalue weighted by Crippen LogP contribution is 2.10. The highest BCUT2D eigenvalue weighted by Gasteiger charge is 2.21. The standard InChI is InChI=1S/C17H21ClN2O2/c1-19(10-2-3-14-4-6-15(18)7-5-14)13-17(22)20-11-8-16(21)9-12-20/h4-7,16,21H,8-13H2,1H3. The van der Waals surface area contributed by atoms with Gasteiger partial charge in [0.1, 0.15) is 0 Å². The number of likely N-dealkylation sites (N-methyl/N-ethyl adjacent to an activating group) is 1. The van der Waals surface area contributed by atoms with Crippen molar-refractivity contribution in [2.75, 3.05) is 33.2 Å². The van der Waals surface area contributed by atoms with Crippen LogP contribution in [-0.4, -0.2) is 60.1 Å². The monoisotopic (exact) mass is 320 g/mol. The molecule has 0 saturated carbocycles. The van der Waals surface area contributed by atoms with Crippen molar-refractivity contribution in [3.63, 3.8) is 0 Å². The van der Waals surface area contributed by atoms with E-state index in [2.05, 4.69) is 11.8 Å². The number of nitrogens with zero attached hydrogens (tertiary/aromatic N) is 2. The number of carbonyl (C=O) groups is 1. The van der Waals surface area contributed by atoms with Gasteiger partial charge in [-0.1, -0.05) is 23.4 Å². The summed E-state index contributed by atoms with van der Waals surface area (Å²) in [6.07, 6.45) is 1.09. The number of aliphatic hydroxyl groups is 1. The van der Waals surface area contributed by atoms with Gasteiger partial charge in [0.15, 0.2) is 0 Å². The summed E-state index contributed by atoms with van der Waals surface area (Å²) in [6.45, 7) is 2.17. The summed E-state index contributed by atoms with van der Waals surface area (Å²) in [5.41, 5.74) is 0.911. The Kier molecular flexibility index (Phi) is 6.26. The fourth-order valence-electron chi connectivity index (χ4n) is 2.31. The normalized spacial score (nSPS) is 15.5. The van der Waals surface area contributed by atoms with Crippen molar-refractivity contribution in [2.45, 2.75) is 18.9 Å². The number of benzene rings is 1. The van der Waals surface area contributed by atoms with Gasteiger partial charge in [-0.25, -0.2) is 0 Å². The van der Waals surface area contributed by atoms with E-state index in [1.807, 2.05) is 41.1 Å². The number of carbonyl (C=O) groups excluding carboxylic acids is 1. The molecule has 0 spiro atoms. The van der Waals surface area contributed by atoms with Crippen LogP contribution in [0.4, 0.5) is 0 Å². The topological polar surface area (TPSA) is 43.8 Å². The Morgan fingerprint density at radius 1 is 1.36 bits per heavy atom. The molecule has 1 aliphatic heterocycles. The van der Waals surface area contributed by atoms with Crippen LogP contribution in [0.2, 0.25) is 5.02 Å². The molecule has 5 heteroatoms. The molecule has 0 radical (unpaired) electrons. The maximum absolute atomic E-state index is 12.1. The van der Waals surface area contributed by atoms with Gasteiger partial charge >= 0.3 is 0 Å². The van der Waals surface area contributed by atoms with Crippen molar-refractivity contribution in [3.8, 4) is 11.8 Å². The molecule has 1 aromatic rings. The SMILES string of the molecule is CN(CC#Cc1ccc(Cl)cc1)CC(=O)N1CCC(O)CC1. The van der Waals surface area contributed by atoms with Gasteiger partial charge in [0, 0.05) is 23.7 Å². The Morgan fingerprint density at radius 3 is 2.64 bits per heavy atom. The fourth-order valence-corrected chi connectivity index (χ4v) is 2.44. The second-order valence-electron chi connectivity index (χ2n) is 5.59. The second kappa shape index (κ2) is 8.19. The molecule has 1 heterocycles. The largest absolute Gasteiger partial charge is 0.393 e. The molecule has 1 amide bonds. The Labute approximate surface area is 136 Å². The molecule has 118 valence electrons. The van der Waals surface area contributed by atoms with Crippen molar-refractivity contribution in [1.29, 1.82) is 0 Å². The minimum atomic E-state index is -0.257. The van der Waals surface area contributed by atoms with Gasteiger partial charge < -0.3 is 10.0 Å². The molecule has 1 N–H and O–H groups in total. The summed E-state index contributed by atoms with van der Waals surface area (Å²) < 4.78 is 0. The molecule has 1 fully saturated rings. The van der Waals surface area contributed by atoms with Crippen molar-refractivity contribution in [3.05, 3.63) is 34.9 Å². The van der Waals surface area contributed by atoms with Crippen LogP contribution in [0.5, 0.6) is 0 Å². The van der Waals surface area contributed by atoms with E-state index in [4.69, 9.17) is 11.6 Å². The van der Waals surface area contributed by atoms with Gasteiger partial charge in [-0.3, -0.25) is 9.69 Å². The number of aliphatic hydroxyl groups excluding tert-OH is 1. The molecule has 2 rings (SSSR count). The van der Waals surface area contributed by atoms with Gasteiger partial charge in [0.25, 0.3) is 0 Å². The van der Waals surface area contributed by atoms with E-state index in [1.165, 1.54) is 0 Å². The lowest BCUT2D eigenvalue weighted by Gasteiger charge is -2.30. The van der Waals surface area contributed by atoms with E-state index in [0.717, 1.165) is 5.56 Å². The third-order valence-corrected chi connectivity index (χ3v) is 3.90. The van der Waals surface area contributed by atoms with E-state index in [0.29, 0.717) is 44.0 Å². The zero-order valence-corrected chi connectivity index (χ0v) is 13.5. The van der Waals surface area contributed by atoms with Crippen LogP contribution < -0.4 is 0 Å². The zero-order valence-electron chi connectivity index (χ0n) is 12.8. The molecule has 0 aromatic heterocycles. The van der Waals surface area contributed by atoms with Crippen molar-refractivity contribution in [2.24, 2.45) is 0 Å². The molecule has 1 aliphatic rings. The van der Waals surface area contributed by atoms with Crippen LogP contribution in [-0.2, 0) is 4.79 Å². The predicted molar refractivity (Wildman–Crippen MR) is 87.6 cm³/mol. The number of piperidine rings is 1. The van der Waals surface area contributed by atoms with Gasteiger partial charge in [-0.05, 0) is 44.2 Å². The Bertz CT molecular complexity index is 554. The van der Waals surface area contributed by atoms with Crippen molar-refractivity contribution >= 4 is 17.5 Å². The number of amides is 1. The minimum Gasteiger partial charge on any atom is -0.393 e. The molecule has 0 unspecified atom stereocenters. The highest BCUT2D eigenvalue weighted by atomic mass is 35.5. The average Bonchev–Trinajstić information content (AvgIpc) is 2.50. The lowest BCUT2D eigenvalue weighted by molar-refractivity contribution is -0.133. The molecule has 22 heavy (non-hydrogen) atoms. The average molecular weight is 321 g/mol. The lowest BCUT2D eigenvalue weighted by Crippen LogP contribution is -2.44. The van der Waals surface area contributed by atoms with Gasteiger partial charge in [0.2, 0.25) is 5.91 Å². The minimum absolute atomic E-state index is 0.0997. The maximum Gasteiger partial charge on any atom is 0.236 e. The number of likely N-dealkylation sites (tertiary alicyclic amines) is 1. The summed E-state index contributed by atoms with van der Waals surface area (Å²) >= 11 is 5.82. The quantitative estimate of drug-likeness (QED) is 0.861. The van der Waals surface area contributed by atoms with Crippen LogP contribution in [0.3, 0.4) is 0 Å². The molecular weight excluding hydrogens is 300 g/mol. The van der Waals surface area contributed by atoms with E-state index in [9.17, 15) is 9.90 Å². The third kappa shape index (κ3) is 5.34. The maximum atomic E-state index is 12.1. The summed E-state index contributed by atoms with van der Waals surface area (Å²) in [4.78, 5) is 15.8. The first-order chi connectivity index (χ1) is 10.5.